The normalized spacial score (nSPS) is 11.3. The minimum Gasteiger partial charge on any atom is -0.465 e. The fourth-order valence-electron chi connectivity index (χ4n) is 1.75. The first kappa shape index (κ1) is 18.6. The van der Waals surface area contributed by atoms with E-state index in [4.69, 9.17) is 21.1 Å². The second-order valence-electron chi connectivity index (χ2n) is 4.06. The minimum absolute atomic E-state index is 0.0563. The Kier molecular flexibility index (Phi) is 9.72. The van der Waals surface area contributed by atoms with Crippen LogP contribution in [0.2, 0.25) is 0 Å². The van der Waals surface area contributed by atoms with Crippen molar-refractivity contribution >= 4 is 29.8 Å². The van der Waals surface area contributed by atoms with Crippen LogP contribution in [-0.4, -0.2) is 37.3 Å². The van der Waals surface area contributed by atoms with Crippen LogP contribution in [0.15, 0.2) is 12.2 Å². The monoisotopic (exact) mass is 304 g/mol. The zero-order chi connectivity index (χ0) is 15.4. The van der Waals surface area contributed by atoms with Gasteiger partial charge in [0.1, 0.15) is 6.29 Å². The van der Waals surface area contributed by atoms with Crippen LogP contribution in [-0.2, 0) is 23.9 Å². The average Bonchev–Trinajstić information content (AvgIpc) is 2.43. The number of rotatable bonds is 10. The van der Waals surface area contributed by atoms with Crippen molar-refractivity contribution in [1.29, 1.82) is 0 Å². The van der Waals surface area contributed by atoms with E-state index in [1.165, 1.54) is 0 Å². The van der Waals surface area contributed by atoms with E-state index in [0.29, 0.717) is 6.29 Å². The number of carbonyl (C=O) groups excluding carboxylic acids is 3. The van der Waals surface area contributed by atoms with Gasteiger partial charge in [-0.1, -0.05) is 12.2 Å². The van der Waals surface area contributed by atoms with Gasteiger partial charge in [0.2, 0.25) is 0 Å². The number of ether oxygens (including phenoxy) is 2. The Labute approximate surface area is 124 Å². The largest absolute Gasteiger partial charge is 0.465 e. The van der Waals surface area contributed by atoms with Crippen molar-refractivity contribution in [3.05, 3.63) is 12.2 Å². The number of hydrogen-bond donors (Lipinski definition) is 0. The smallest absolute Gasteiger partial charge is 0.323 e. The van der Waals surface area contributed by atoms with Gasteiger partial charge in [0.15, 0.2) is 5.41 Å². The van der Waals surface area contributed by atoms with Crippen LogP contribution < -0.4 is 0 Å². The predicted octanol–water partition coefficient (Wildman–Crippen LogP) is 2.26. The number of carbonyl (C=O) groups is 3. The summed E-state index contributed by atoms with van der Waals surface area (Å²) in [5, 5.41) is 0. The van der Waals surface area contributed by atoms with Crippen molar-refractivity contribution in [2.75, 3.05) is 19.1 Å². The molecule has 0 aliphatic heterocycles. The molecule has 0 saturated heterocycles. The summed E-state index contributed by atoms with van der Waals surface area (Å²) in [6, 6.07) is 0. The molecule has 20 heavy (non-hydrogen) atoms. The Balaban J connectivity index is 5.35. The Morgan fingerprint density at radius 3 is 2.05 bits per heavy atom. The van der Waals surface area contributed by atoms with E-state index in [-0.39, 0.29) is 38.4 Å². The highest BCUT2D eigenvalue weighted by Gasteiger charge is 2.47. The molecule has 0 fully saturated rings. The average molecular weight is 305 g/mol. The fourth-order valence-corrected chi connectivity index (χ4v) is 1.87. The van der Waals surface area contributed by atoms with Crippen molar-refractivity contribution < 1.29 is 23.9 Å². The molecular formula is C14H21ClO5. The van der Waals surface area contributed by atoms with Gasteiger partial charge in [-0.2, -0.15) is 0 Å². The highest BCUT2D eigenvalue weighted by atomic mass is 35.5. The topological polar surface area (TPSA) is 69.7 Å². The summed E-state index contributed by atoms with van der Waals surface area (Å²) >= 11 is 5.54. The van der Waals surface area contributed by atoms with Gasteiger partial charge in [0.25, 0.3) is 0 Å². The lowest BCUT2D eigenvalue weighted by atomic mass is 9.80. The number of aldehydes is 1. The maximum absolute atomic E-state index is 12.2. The van der Waals surface area contributed by atoms with Gasteiger partial charge in [0.05, 0.1) is 13.2 Å². The van der Waals surface area contributed by atoms with Crippen molar-refractivity contribution in [2.45, 2.75) is 33.1 Å². The molecule has 0 amide bonds. The number of allylic oxidation sites excluding steroid dienone is 2. The molecule has 0 unspecified atom stereocenters. The summed E-state index contributed by atoms with van der Waals surface area (Å²) in [6.07, 6.45) is 4.16. The summed E-state index contributed by atoms with van der Waals surface area (Å²) in [5.74, 6) is -1.06. The van der Waals surface area contributed by atoms with E-state index >= 15 is 0 Å². The highest BCUT2D eigenvalue weighted by Crippen LogP contribution is 2.32. The molecule has 0 aromatic rings. The molecule has 0 N–H and O–H groups in total. The lowest BCUT2D eigenvalue weighted by Crippen LogP contribution is -2.42. The fraction of sp³-hybridized carbons (Fsp3) is 0.643. The first-order valence-corrected chi connectivity index (χ1v) is 7.11. The van der Waals surface area contributed by atoms with E-state index in [2.05, 4.69) is 0 Å². The van der Waals surface area contributed by atoms with E-state index in [1.807, 2.05) is 0 Å². The number of halogens is 1. The number of esters is 2. The number of hydrogen-bond acceptors (Lipinski definition) is 5. The molecule has 0 aromatic carbocycles. The quantitative estimate of drug-likeness (QED) is 0.203. The molecule has 0 rings (SSSR count). The molecule has 0 aliphatic carbocycles. The lowest BCUT2D eigenvalue weighted by Gasteiger charge is -2.27. The van der Waals surface area contributed by atoms with Gasteiger partial charge >= 0.3 is 11.9 Å². The summed E-state index contributed by atoms with van der Waals surface area (Å²) in [7, 11) is 0. The van der Waals surface area contributed by atoms with E-state index < -0.39 is 17.4 Å². The van der Waals surface area contributed by atoms with Gasteiger partial charge in [-0.15, -0.1) is 11.6 Å². The third-order valence-electron chi connectivity index (χ3n) is 2.74. The molecule has 114 valence electrons. The summed E-state index contributed by atoms with van der Waals surface area (Å²) in [6.45, 7) is 3.62. The standard InChI is InChI=1S/C14H21ClO5/c1-3-19-12(17)14(9-7-11-16,8-5-6-10-15)13(18)20-4-2/h5-6,11H,3-4,7-10H2,1-2H3/b6-5-. The van der Waals surface area contributed by atoms with Gasteiger partial charge in [-0.25, -0.2) is 0 Å². The van der Waals surface area contributed by atoms with Crippen molar-refractivity contribution in [3.8, 4) is 0 Å². The van der Waals surface area contributed by atoms with E-state index in [9.17, 15) is 14.4 Å². The highest BCUT2D eigenvalue weighted by molar-refractivity contribution is 6.18. The van der Waals surface area contributed by atoms with Crippen molar-refractivity contribution in [3.63, 3.8) is 0 Å². The van der Waals surface area contributed by atoms with Crippen LogP contribution in [0.1, 0.15) is 33.1 Å². The SMILES string of the molecule is CCOC(=O)C(C/C=C\CCl)(CCC=O)C(=O)OCC. The van der Waals surface area contributed by atoms with Crippen LogP contribution in [0.4, 0.5) is 0 Å². The molecule has 0 saturated carbocycles. The second-order valence-corrected chi connectivity index (χ2v) is 4.37. The van der Waals surface area contributed by atoms with Gasteiger partial charge < -0.3 is 14.3 Å². The molecule has 0 aromatic heterocycles. The predicted molar refractivity (Wildman–Crippen MR) is 75.5 cm³/mol. The van der Waals surface area contributed by atoms with Crippen LogP contribution in [0.5, 0.6) is 0 Å². The lowest BCUT2D eigenvalue weighted by molar-refractivity contribution is -0.172. The van der Waals surface area contributed by atoms with Gasteiger partial charge in [-0.05, 0) is 26.7 Å². The van der Waals surface area contributed by atoms with E-state index in [0.717, 1.165) is 0 Å². The third-order valence-corrected chi connectivity index (χ3v) is 2.92. The zero-order valence-electron chi connectivity index (χ0n) is 11.9. The Hall–Kier alpha value is -1.36. The Morgan fingerprint density at radius 2 is 1.65 bits per heavy atom. The van der Waals surface area contributed by atoms with Crippen LogP contribution in [0.3, 0.4) is 0 Å². The summed E-state index contributed by atoms with van der Waals surface area (Å²) in [5.41, 5.74) is -1.48. The third kappa shape index (κ3) is 5.33. The van der Waals surface area contributed by atoms with Gasteiger partial charge in [0, 0.05) is 12.3 Å². The first-order valence-electron chi connectivity index (χ1n) is 6.58. The molecule has 0 aliphatic rings. The number of alkyl halides is 1. The van der Waals surface area contributed by atoms with Crippen LogP contribution >= 0.6 is 11.6 Å². The second kappa shape index (κ2) is 10.4. The maximum Gasteiger partial charge on any atom is 0.323 e. The maximum atomic E-state index is 12.2. The molecule has 0 bridgehead atoms. The van der Waals surface area contributed by atoms with Crippen LogP contribution in [0, 0.1) is 5.41 Å². The van der Waals surface area contributed by atoms with Crippen molar-refractivity contribution in [2.24, 2.45) is 5.41 Å². The summed E-state index contributed by atoms with van der Waals surface area (Å²) < 4.78 is 9.96. The molecule has 0 spiro atoms. The zero-order valence-corrected chi connectivity index (χ0v) is 12.6. The Bertz CT molecular complexity index is 333. The summed E-state index contributed by atoms with van der Waals surface area (Å²) in [4.78, 5) is 35.0. The van der Waals surface area contributed by atoms with Crippen LogP contribution in [0.25, 0.3) is 0 Å². The molecule has 6 heteroatoms. The van der Waals surface area contributed by atoms with Gasteiger partial charge in [-0.3, -0.25) is 9.59 Å². The minimum atomic E-state index is -1.48. The first-order chi connectivity index (χ1) is 9.58. The Morgan fingerprint density at radius 1 is 1.10 bits per heavy atom. The molecule has 0 heterocycles. The van der Waals surface area contributed by atoms with E-state index in [1.54, 1.807) is 26.0 Å². The van der Waals surface area contributed by atoms with Crippen molar-refractivity contribution in [1.82, 2.24) is 0 Å². The molecule has 0 radical (unpaired) electrons. The molecule has 0 atom stereocenters. The molecular weight excluding hydrogens is 284 g/mol. The molecule has 5 nitrogen and oxygen atoms in total.